The molecular weight excluding hydrogens is 396 g/mol. The average Bonchev–Trinajstić information content (AvgIpc) is 3.14. The molecule has 4 rings (SSSR count). The summed E-state index contributed by atoms with van der Waals surface area (Å²) >= 11 is 0. The Morgan fingerprint density at radius 1 is 1.13 bits per heavy atom. The molecule has 9 nitrogen and oxygen atoms in total. The molecule has 4 aliphatic rings. The Labute approximate surface area is 173 Å². The van der Waals surface area contributed by atoms with Crippen LogP contribution in [0.1, 0.15) is 19.8 Å². The highest BCUT2D eigenvalue weighted by Gasteiger charge is 2.54. The van der Waals surface area contributed by atoms with E-state index in [0.29, 0.717) is 11.1 Å². The predicted octanol–water partition coefficient (Wildman–Crippen LogP) is -0.928. The highest BCUT2D eigenvalue weighted by atomic mass is 16.7. The quantitative estimate of drug-likeness (QED) is 0.332. The van der Waals surface area contributed by atoms with Crippen molar-refractivity contribution in [2.75, 3.05) is 13.2 Å². The number of rotatable bonds is 4. The number of hydrogen-bond donors (Lipinski definition) is 4. The molecule has 0 unspecified atom stereocenters. The number of hydrogen-bond acceptors (Lipinski definition) is 9. The normalized spacial score (nSPS) is 46.2. The van der Waals surface area contributed by atoms with Crippen LogP contribution < -0.4 is 0 Å². The van der Waals surface area contributed by atoms with Crippen LogP contribution in [0.4, 0.5) is 0 Å². The van der Waals surface area contributed by atoms with E-state index in [4.69, 9.17) is 14.2 Å². The van der Waals surface area contributed by atoms with Gasteiger partial charge in [-0.05, 0) is 30.4 Å². The standard InChI is InChI=1S/C21H28O9/c1-8-3-4-11-9(2)20(27)30-19(11)15-10(5-12(23)14(8)15)7-28-21-18(26)17(25)16(24)13(6-22)29-21/h5,8,11,13-19,21-22,24-26H,2-4,6-7H2,1H3/t8-,11+,13-,14+,15-,16-,17+,18-,19+,21-/m0/s1. The maximum atomic E-state index is 12.8. The van der Waals surface area contributed by atoms with Gasteiger partial charge in [-0.1, -0.05) is 13.5 Å². The lowest BCUT2D eigenvalue weighted by Gasteiger charge is -2.40. The first kappa shape index (κ1) is 21.6. The molecule has 0 aromatic heterocycles. The van der Waals surface area contributed by atoms with E-state index in [2.05, 4.69) is 6.58 Å². The number of fused-ring (bicyclic) bond motifs is 3. The van der Waals surface area contributed by atoms with Gasteiger partial charge in [0.25, 0.3) is 0 Å². The Hall–Kier alpha value is -1.62. The van der Waals surface area contributed by atoms with Gasteiger partial charge in [0.2, 0.25) is 0 Å². The number of ketones is 1. The molecule has 0 aromatic carbocycles. The van der Waals surface area contributed by atoms with E-state index in [1.54, 1.807) is 0 Å². The van der Waals surface area contributed by atoms with Crippen LogP contribution in [0, 0.1) is 23.7 Å². The van der Waals surface area contributed by atoms with Crippen molar-refractivity contribution in [3.05, 3.63) is 23.8 Å². The van der Waals surface area contributed by atoms with Crippen LogP contribution in [0.5, 0.6) is 0 Å². The van der Waals surface area contributed by atoms with Crippen LogP contribution in [0.25, 0.3) is 0 Å². The largest absolute Gasteiger partial charge is 0.458 e. The van der Waals surface area contributed by atoms with Gasteiger partial charge in [-0.15, -0.1) is 0 Å². The molecular formula is C21H28O9. The lowest BCUT2D eigenvalue weighted by atomic mass is 9.78. The Kier molecular flexibility index (Phi) is 5.86. The topological polar surface area (TPSA) is 143 Å². The number of aliphatic hydroxyl groups is 4. The summed E-state index contributed by atoms with van der Waals surface area (Å²) < 4.78 is 16.6. The number of ether oxygens (including phenoxy) is 3. The minimum atomic E-state index is -1.55. The van der Waals surface area contributed by atoms with E-state index in [1.807, 2.05) is 6.92 Å². The fourth-order valence-corrected chi connectivity index (χ4v) is 5.27. The third kappa shape index (κ3) is 3.43. The molecule has 2 saturated heterocycles. The van der Waals surface area contributed by atoms with Crippen LogP contribution >= 0.6 is 0 Å². The van der Waals surface area contributed by atoms with Crippen molar-refractivity contribution < 1.29 is 44.2 Å². The van der Waals surface area contributed by atoms with Crippen LogP contribution in [-0.4, -0.2) is 82.2 Å². The highest BCUT2D eigenvalue weighted by Crippen LogP contribution is 2.49. The molecule has 10 atom stereocenters. The average molecular weight is 424 g/mol. The monoisotopic (exact) mass is 424 g/mol. The van der Waals surface area contributed by atoms with Gasteiger partial charge in [0, 0.05) is 23.3 Å². The van der Waals surface area contributed by atoms with E-state index < -0.39 is 49.4 Å². The summed E-state index contributed by atoms with van der Waals surface area (Å²) in [6.45, 7) is 5.23. The zero-order chi connectivity index (χ0) is 21.7. The zero-order valence-corrected chi connectivity index (χ0v) is 16.7. The number of carbonyl (C=O) groups is 2. The second-order valence-corrected chi connectivity index (χ2v) is 8.74. The molecule has 0 spiro atoms. The molecule has 2 aliphatic carbocycles. The first-order valence-electron chi connectivity index (χ1n) is 10.3. The second kappa shape index (κ2) is 8.14. The summed E-state index contributed by atoms with van der Waals surface area (Å²) in [5.74, 6) is -1.22. The number of allylic oxidation sites excluding steroid dienone is 1. The molecule has 3 fully saturated rings. The molecule has 9 heteroatoms. The number of esters is 1. The molecule has 4 N–H and O–H groups in total. The molecule has 2 aliphatic heterocycles. The van der Waals surface area contributed by atoms with Gasteiger partial charge in [-0.2, -0.15) is 0 Å². The molecule has 0 amide bonds. The summed E-state index contributed by atoms with van der Waals surface area (Å²) in [5.41, 5.74) is 1.06. The van der Waals surface area contributed by atoms with Crippen LogP contribution in [0.15, 0.2) is 23.8 Å². The van der Waals surface area contributed by atoms with Crippen molar-refractivity contribution in [2.45, 2.75) is 56.6 Å². The molecule has 2 heterocycles. The first-order chi connectivity index (χ1) is 14.2. The predicted molar refractivity (Wildman–Crippen MR) is 101 cm³/mol. The Morgan fingerprint density at radius 3 is 2.57 bits per heavy atom. The SMILES string of the molecule is C=C1C(=O)O[C@H]2[C@H]3C(CO[C@H]4O[C@@H](CO)[C@H](O)[C@@H](O)[C@@H]4O)=CC(=O)[C@H]3[C@@H](C)CC[C@H]12. The van der Waals surface area contributed by atoms with E-state index in [-0.39, 0.29) is 36.1 Å². The minimum Gasteiger partial charge on any atom is -0.458 e. The summed E-state index contributed by atoms with van der Waals surface area (Å²) in [6.07, 6.45) is -4.42. The lowest BCUT2D eigenvalue weighted by molar-refractivity contribution is -0.299. The highest BCUT2D eigenvalue weighted by molar-refractivity contribution is 5.97. The third-order valence-corrected chi connectivity index (χ3v) is 6.98. The van der Waals surface area contributed by atoms with Gasteiger partial charge in [-0.25, -0.2) is 4.79 Å². The van der Waals surface area contributed by atoms with Crippen molar-refractivity contribution in [2.24, 2.45) is 23.7 Å². The second-order valence-electron chi connectivity index (χ2n) is 8.74. The van der Waals surface area contributed by atoms with Gasteiger partial charge >= 0.3 is 5.97 Å². The third-order valence-electron chi connectivity index (χ3n) is 6.98. The Bertz CT molecular complexity index is 760. The van der Waals surface area contributed by atoms with Crippen molar-refractivity contribution in [3.63, 3.8) is 0 Å². The van der Waals surface area contributed by atoms with Gasteiger partial charge in [-0.3, -0.25) is 4.79 Å². The van der Waals surface area contributed by atoms with Gasteiger partial charge in [0.15, 0.2) is 12.1 Å². The van der Waals surface area contributed by atoms with Crippen LogP contribution in [0.3, 0.4) is 0 Å². The van der Waals surface area contributed by atoms with E-state index in [9.17, 15) is 30.0 Å². The summed E-state index contributed by atoms with van der Waals surface area (Å²) in [7, 11) is 0. The lowest BCUT2D eigenvalue weighted by Crippen LogP contribution is -2.59. The summed E-state index contributed by atoms with van der Waals surface area (Å²) in [5, 5.41) is 39.3. The van der Waals surface area contributed by atoms with Gasteiger partial charge in [0.1, 0.15) is 30.5 Å². The Balaban J connectivity index is 1.53. The van der Waals surface area contributed by atoms with Crippen molar-refractivity contribution in [1.82, 2.24) is 0 Å². The molecule has 1 saturated carbocycles. The number of carbonyl (C=O) groups excluding carboxylic acids is 2. The summed E-state index contributed by atoms with van der Waals surface area (Å²) in [4.78, 5) is 24.9. The molecule has 166 valence electrons. The first-order valence-corrected chi connectivity index (χ1v) is 10.3. The van der Waals surface area contributed by atoms with Gasteiger partial charge in [0.05, 0.1) is 13.2 Å². The number of aliphatic hydroxyl groups excluding tert-OH is 4. The van der Waals surface area contributed by atoms with Crippen LogP contribution in [0.2, 0.25) is 0 Å². The van der Waals surface area contributed by atoms with Crippen LogP contribution in [-0.2, 0) is 23.8 Å². The van der Waals surface area contributed by atoms with E-state index in [1.165, 1.54) is 6.08 Å². The molecule has 0 bridgehead atoms. The maximum Gasteiger partial charge on any atom is 0.334 e. The fraction of sp³-hybridized carbons (Fsp3) is 0.714. The van der Waals surface area contributed by atoms with Gasteiger partial charge < -0.3 is 34.6 Å². The maximum absolute atomic E-state index is 12.8. The summed E-state index contributed by atoms with van der Waals surface area (Å²) in [6, 6.07) is 0. The zero-order valence-electron chi connectivity index (χ0n) is 16.7. The minimum absolute atomic E-state index is 0.0471. The molecule has 0 radical (unpaired) electrons. The smallest absolute Gasteiger partial charge is 0.334 e. The molecule has 0 aromatic rings. The Morgan fingerprint density at radius 2 is 1.87 bits per heavy atom. The van der Waals surface area contributed by atoms with E-state index >= 15 is 0 Å². The van der Waals surface area contributed by atoms with E-state index in [0.717, 1.165) is 12.8 Å². The molecule has 30 heavy (non-hydrogen) atoms. The van der Waals surface area contributed by atoms with Crippen molar-refractivity contribution in [1.29, 1.82) is 0 Å². The van der Waals surface area contributed by atoms with Crippen molar-refractivity contribution in [3.8, 4) is 0 Å². The van der Waals surface area contributed by atoms with Crippen molar-refractivity contribution >= 4 is 11.8 Å². The fourth-order valence-electron chi connectivity index (χ4n) is 5.27.